The summed E-state index contributed by atoms with van der Waals surface area (Å²) in [6, 6.07) is 0. The zero-order valence-corrected chi connectivity index (χ0v) is 14.5. The van der Waals surface area contributed by atoms with Gasteiger partial charge in [0.1, 0.15) is 5.00 Å². The van der Waals surface area contributed by atoms with Crippen LogP contribution < -0.4 is 11.1 Å². The molecule has 1 heterocycles. The van der Waals surface area contributed by atoms with Crippen LogP contribution in [-0.4, -0.2) is 25.0 Å². The Balaban J connectivity index is 0.00000400. The van der Waals surface area contributed by atoms with Gasteiger partial charge in [-0.05, 0) is 25.8 Å². The molecule has 1 amide bonds. The maximum atomic E-state index is 12.1. The molecule has 0 saturated carbocycles. The van der Waals surface area contributed by atoms with Crippen LogP contribution in [0.4, 0.5) is 5.00 Å². The lowest BCUT2D eigenvalue weighted by molar-refractivity contribution is -0.119. The molecule has 0 bridgehead atoms. The predicted molar refractivity (Wildman–Crippen MR) is 88.5 cm³/mol. The van der Waals surface area contributed by atoms with E-state index in [9.17, 15) is 9.59 Å². The van der Waals surface area contributed by atoms with Crippen molar-refractivity contribution < 1.29 is 14.3 Å². The summed E-state index contributed by atoms with van der Waals surface area (Å²) in [4.78, 5) is 25.1. The van der Waals surface area contributed by atoms with E-state index in [1.807, 2.05) is 13.8 Å². The van der Waals surface area contributed by atoms with Gasteiger partial charge < -0.3 is 15.8 Å². The van der Waals surface area contributed by atoms with Gasteiger partial charge in [-0.3, -0.25) is 4.79 Å². The summed E-state index contributed by atoms with van der Waals surface area (Å²) in [5.41, 5.74) is 6.90. The van der Waals surface area contributed by atoms with E-state index >= 15 is 0 Å². The first-order chi connectivity index (χ1) is 9.46. The number of carbonyl (C=O) groups is 2. The molecule has 7 heteroatoms. The van der Waals surface area contributed by atoms with Crippen LogP contribution in [0.5, 0.6) is 0 Å². The van der Waals surface area contributed by atoms with E-state index in [2.05, 4.69) is 5.32 Å². The number of ether oxygens (including phenoxy) is 1. The Morgan fingerprint density at radius 2 is 2.00 bits per heavy atom. The number of carbonyl (C=O) groups excluding carboxylic acids is 2. The molecule has 3 N–H and O–H groups in total. The lowest BCUT2D eigenvalue weighted by atomic mass is 10.1. The molecule has 0 aliphatic carbocycles. The molecule has 120 valence electrons. The molecule has 0 aromatic carbocycles. The van der Waals surface area contributed by atoms with E-state index in [0.717, 1.165) is 16.9 Å². The van der Waals surface area contributed by atoms with Crippen LogP contribution in [0, 0.1) is 12.8 Å². The van der Waals surface area contributed by atoms with Crippen molar-refractivity contribution in [3.05, 3.63) is 16.0 Å². The highest BCUT2D eigenvalue weighted by Gasteiger charge is 2.24. The Morgan fingerprint density at radius 1 is 1.38 bits per heavy atom. The van der Waals surface area contributed by atoms with Crippen LogP contribution in [0.3, 0.4) is 0 Å². The summed E-state index contributed by atoms with van der Waals surface area (Å²) < 4.78 is 5.08. The number of amides is 1. The van der Waals surface area contributed by atoms with E-state index < -0.39 is 0 Å². The molecule has 1 unspecified atom stereocenters. The van der Waals surface area contributed by atoms with Gasteiger partial charge in [0.2, 0.25) is 5.91 Å². The highest BCUT2D eigenvalue weighted by Crippen LogP contribution is 2.34. The Kier molecular flexibility index (Phi) is 8.54. The molecule has 0 radical (unpaired) electrons. The number of anilines is 1. The summed E-state index contributed by atoms with van der Waals surface area (Å²) in [7, 11) is 0. The standard InChI is InChI=1S/C14H22N2O3S.ClH/c1-5-10-9(4)20-13(11(10)14(18)19-6-2)16-12(17)8(3)7-15;/h8H,5-7,15H2,1-4H3,(H,16,17);1H. The first-order valence-corrected chi connectivity index (χ1v) is 7.58. The largest absolute Gasteiger partial charge is 0.462 e. The van der Waals surface area contributed by atoms with Gasteiger partial charge in [-0.1, -0.05) is 13.8 Å². The Hall–Kier alpha value is -1.11. The van der Waals surface area contributed by atoms with Gasteiger partial charge in [-0.2, -0.15) is 0 Å². The van der Waals surface area contributed by atoms with Crippen molar-refractivity contribution in [2.24, 2.45) is 11.7 Å². The second-order valence-corrected chi connectivity index (χ2v) is 5.77. The van der Waals surface area contributed by atoms with E-state index in [1.165, 1.54) is 11.3 Å². The SMILES string of the molecule is CCOC(=O)c1c(NC(=O)C(C)CN)sc(C)c1CC.Cl. The minimum atomic E-state index is -0.385. The fourth-order valence-corrected chi connectivity index (χ4v) is 2.99. The summed E-state index contributed by atoms with van der Waals surface area (Å²) in [6.07, 6.45) is 0.721. The van der Waals surface area contributed by atoms with Crippen LogP contribution in [0.1, 0.15) is 41.6 Å². The summed E-state index contributed by atoms with van der Waals surface area (Å²) in [5, 5.41) is 3.35. The predicted octanol–water partition coefficient (Wildman–Crippen LogP) is 2.75. The second kappa shape index (κ2) is 9.02. The number of aryl methyl sites for hydroxylation is 1. The van der Waals surface area contributed by atoms with Gasteiger partial charge in [0.25, 0.3) is 0 Å². The van der Waals surface area contributed by atoms with Crippen LogP contribution >= 0.6 is 23.7 Å². The topological polar surface area (TPSA) is 81.4 Å². The van der Waals surface area contributed by atoms with Gasteiger partial charge in [-0.15, -0.1) is 23.7 Å². The fourth-order valence-electron chi connectivity index (χ4n) is 1.85. The first kappa shape index (κ1) is 19.9. The number of nitrogens with one attached hydrogen (secondary N) is 1. The van der Waals surface area contributed by atoms with Crippen molar-refractivity contribution in [1.82, 2.24) is 0 Å². The third-order valence-corrected chi connectivity index (χ3v) is 4.14. The number of nitrogens with two attached hydrogens (primary N) is 1. The summed E-state index contributed by atoms with van der Waals surface area (Å²) in [6.45, 7) is 8.01. The van der Waals surface area contributed by atoms with Crippen molar-refractivity contribution in [1.29, 1.82) is 0 Å². The maximum Gasteiger partial charge on any atom is 0.341 e. The molecule has 21 heavy (non-hydrogen) atoms. The normalized spacial score (nSPS) is 11.5. The van der Waals surface area contributed by atoms with E-state index in [0.29, 0.717) is 17.2 Å². The zero-order chi connectivity index (χ0) is 15.3. The van der Waals surface area contributed by atoms with Crippen molar-refractivity contribution in [3.63, 3.8) is 0 Å². The smallest absolute Gasteiger partial charge is 0.341 e. The Bertz CT molecular complexity index is 503. The third-order valence-electron chi connectivity index (χ3n) is 3.08. The second-order valence-electron chi connectivity index (χ2n) is 4.54. The number of halogens is 1. The monoisotopic (exact) mass is 334 g/mol. The molecular weight excluding hydrogens is 312 g/mol. The van der Waals surface area contributed by atoms with E-state index in [-0.39, 0.29) is 36.7 Å². The third kappa shape index (κ3) is 4.69. The highest BCUT2D eigenvalue weighted by molar-refractivity contribution is 7.16. The number of thiophene rings is 1. The van der Waals surface area contributed by atoms with Gasteiger partial charge in [0.05, 0.1) is 12.2 Å². The number of hydrogen-bond acceptors (Lipinski definition) is 5. The fraction of sp³-hybridized carbons (Fsp3) is 0.571. The Morgan fingerprint density at radius 3 is 2.48 bits per heavy atom. The molecule has 1 aromatic rings. The number of rotatable bonds is 6. The molecule has 0 aliphatic heterocycles. The Labute approximate surface area is 135 Å². The van der Waals surface area contributed by atoms with Gasteiger partial charge >= 0.3 is 5.97 Å². The molecular formula is C14H23ClN2O3S. The minimum absolute atomic E-state index is 0. The van der Waals surface area contributed by atoms with Crippen molar-refractivity contribution >= 4 is 40.6 Å². The quantitative estimate of drug-likeness (QED) is 0.784. The molecule has 0 spiro atoms. The van der Waals surface area contributed by atoms with Crippen LogP contribution in [0.15, 0.2) is 0 Å². The van der Waals surface area contributed by atoms with E-state index in [4.69, 9.17) is 10.5 Å². The lowest BCUT2D eigenvalue weighted by Gasteiger charge is -2.10. The first-order valence-electron chi connectivity index (χ1n) is 6.76. The highest BCUT2D eigenvalue weighted by atomic mass is 35.5. The van der Waals surface area contributed by atoms with Crippen LogP contribution in [0.2, 0.25) is 0 Å². The molecule has 0 saturated heterocycles. The summed E-state index contributed by atoms with van der Waals surface area (Å²) in [5.74, 6) is -0.858. The average Bonchev–Trinajstić information content (AvgIpc) is 2.73. The van der Waals surface area contributed by atoms with Crippen LogP contribution in [0.25, 0.3) is 0 Å². The number of hydrogen-bond donors (Lipinski definition) is 2. The molecule has 1 atom stereocenters. The van der Waals surface area contributed by atoms with Gasteiger partial charge in [0, 0.05) is 17.3 Å². The minimum Gasteiger partial charge on any atom is -0.462 e. The molecule has 1 rings (SSSR count). The van der Waals surface area contributed by atoms with Crippen molar-refractivity contribution in [2.75, 3.05) is 18.5 Å². The van der Waals surface area contributed by atoms with E-state index in [1.54, 1.807) is 13.8 Å². The maximum absolute atomic E-state index is 12.1. The zero-order valence-electron chi connectivity index (χ0n) is 12.8. The number of esters is 1. The van der Waals surface area contributed by atoms with Crippen molar-refractivity contribution in [3.8, 4) is 0 Å². The van der Waals surface area contributed by atoms with Crippen molar-refractivity contribution in [2.45, 2.75) is 34.1 Å². The lowest BCUT2D eigenvalue weighted by Crippen LogP contribution is -2.27. The van der Waals surface area contributed by atoms with Crippen LogP contribution in [-0.2, 0) is 16.0 Å². The molecule has 5 nitrogen and oxygen atoms in total. The molecule has 1 aromatic heterocycles. The average molecular weight is 335 g/mol. The van der Waals surface area contributed by atoms with Gasteiger partial charge in [-0.25, -0.2) is 4.79 Å². The molecule has 0 aliphatic rings. The van der Waals surface area contributed by atoms with Gasteiger partial charge in [0.15, 0.2) is 0 Å². The summed E-state index contributed by atoms with van der Waals surface area (Å²) >= 11 is 1.40. The molecule has 0 fully saturated rings.